The van der Waals surface area contributed by atoms with Gasteiger partial charge in [-0.3, -0.25) is 0 Å². The number of hydrogen-bond acceptors (Lipinski definition) is 4. The summed E-state index contributed by atoms with van der Waals surface area (Å²) >= 11 is 12.2. The number of likely N-dealkylation sites (N-methyl/N-ethyl adjacent to an activating group) is 1. The van der Waals surface area contributed by atoms with Crippen LogP contribution in [-0.4, -0.2) is 44.2 Å². The van der Waals surface area contributed by atoms with E-state index in [0.29, 0.717) is 28.5 Å². The van der Waals surface area contributed by atoms with E-state index in [4.69, 9.17) is 32.7 Å². The fraction of sp³-hybridized carbons (Fsp3) is 0.429. The predicted octanol–water partition coefficient (Wildman–Crippen LogP) is 4.99. The van der Waals surface area contributed by atoms with Crippen LogP contribution >= 0.6 is 23.2 Å². The van der Waals surface area contributed by atoms with Crippen LogP contribution in [0.1, 0.15) is 18.4 Å². The lowest BCUT2D eigenvalue weighted by Gasteiger charge is -2.31. The molecule has 1 fully saturated rings. The van der Waals surface area contributed by atoms with Gasteiger partial charge in [-0.2, -0.15) is 0 Å². The van der Waals surface area contributed by atoms with Crippen LogP contribution in [0.4, 0.5) is 0 Å². The first-order valence-electron chi connectivity index (χ1n) is 9.35. The molecule has 0 spiro atoms. The Labute approximate surface area is 171 Å². The van der Waals surface area contributed by atoms with Crippen LogP contribution in [0.3, 0.4) is 0 Å². The molecular weight excluding hydrogens is 383 g/mol. The summed E-state index contributed by atoms with van der Waals surface area (Å²) in [5.74, 6) is 1.28. The molecule has 0 bridgehead atoms. The molecule has 6 heteroatoms. The molecule has 0 unspecified atom stereocenters. The number of piperidine rings is 1. The van der Waals surface area contributed by atoms with Crippen molar-refractivity contribution in [3.63, 3.8) is 0 Å². The summed E-state index contributed by atoms with van der Waals surface area (Å²) in [7, 11) is 2.00. The Morgan fingerprint density at radius 2 is 1.81 bits per heavy atom. The van der Waals surface area contributed by atoms with E-state index >= 15 is 0 Å². The lowest BCUT2D eigenvalue weighted by Crippen LogP contribution is -2.40. The van der Waals surface area contributed by atoms with Crippen LogP contribution in [0.25, 0.3) is 0 Å². The van der Waals surface area contributed by atoms with E-state index in [1.807, 2.05) is 37.4 Å². The highest BCUT2D eigenvalue weighted by Gasteiger charge is 2.19. The van der Waals surface area contributed by atoms with Gasteiger partial charge in [0, 0.05) is 26.2 Å². The smallest absolute Gasteiger partial charge is 0.147 e. The predicted molar refractivity (Wildman–Crippen MR) is 111 cm³/mol. The molecule has 2 aromatic rings. The minimum atomic E-state index is 0.344. The topological polar surface area (TPSA) is 33.7 Å². The number of rotatable bonds is 8. The zero-order valence-corrected chi connectivity index (χ0v) is 17.1. The Balaban J connectivity index is 1.45. The second-order valence-electron chi connectivity index (χ2n) is 6.75. The summed E-state index contributed by atoms with van der Waals surface area (Å²) in [4.78, 5) is 2.49. The lowest BCUT2D eigenvalue weighted by atomic mass is 10.1. The van der Waals surface area contributed by atoms with Gasteiger partial charge in [0.1, 0.15) is 16.5 Å². The molecule has 0 amide bonds. The van der Waals surface area contributed by atoms with Gasteiger partial charge in [-0.25, -0.2) is 0 Å². The average molecular weight is 409 g/mol. The molecule has 27 heavy (non-hydrogen) atoms. The van der Waals surface area contributed by atoms with Crippen LogP contribution < -0.4 is 10.1 Å². The summed E-state index contributed by atoms with van der Waals surface area (Å²) in [6.07, 6.45) is 2.54. The summed E-state index contributed by atoms with van der Waals surface area (Å²) in [5, 5.41) is 4.11. The molecule has 0 aromatic heterocycles. The molecule has 1 aliphatic rings. The van der Waals surface area contributed by atoms with Crippen molar-refractivity contribution in [2.24, 2.45) is 0 Å². The van der Waals surface area contributed by atoms with Crippen molar-refractivity contribution in [3.8, 4) is 11.5 Å². The van der Waals surface area contributed by atoms with Crippen molar-refractivity contribution in [1.82, 2.24) is 10.2 Å². The molecule has 0 aliphatic carbocycles. The van der Waals surface area contributed by atoms with Crippen LogP contribution in [-0.2, 0) is 11.3 Å². The monoisotopic (exact) mass is 408 g/mol. The first-order chi connectivity index (χ1) is 13.2. The highest BCUT2D eigenvalue weighted by atomic mass is 35.5. The Morgan fingerprint density at radius 3 is 2.52 bits per heavy atom. The average Bonchev–Trinajstić information content (AvgIpc) is 2.70. The third-order valence-corrected chi connectivity index (χ3v) is 5.57. The highest BCUT2D eigenvalue weighted by Crippen LogP contribution is 2.34. The fourth-order valence-electron chi connectivity index (χ4n) is 3.13. The van der Waals surface area contributed by atoms with Crippen LogP contribution in [0.5, 0.6) is 11.5 Å². The number of nitrogens with zero attached hydrogens (tertiary/aromatic N) is 1. The zero-order valence-electron chi connectivity index (χ0n) is 15.6. The number of nitrogens with one attached hydrogen (secondary N) is 1. The van der Waals surface area contributed by atoms with Gasteiger partial charge in [0.2, 0.25) is 0 Å². The van der Waals surface area contributed by atoms with Gasteiger partial charge in [0.05, 0.1) is 17.7 Å². The van der Waals surface area contributed by atoms with E-state index in [0.717, 1.165) is 50.3 Å². The van der Waals surface area contributed by atoms with Crippen molar-refractivity contribution in [1.29, 1.82) is 0 Å². The molecule has 3 rings (SSSR count). The van der Waals surface area contributed by atoms with E-state index in [-0.39, 0.29) is 0 Å². The first kappa shape index (κ1) is 20.4. The van der Waals surface area contributed by atoms with E-state index in [1.165, 1.54) is 0 Å². The number of likely N-dealkylation sites (tertiary alicyclic amines) is 1. The third kappa shape index (κ3) is 6.09. The van der Waals surface area contributed by atoms with Crippen molar-refractivity contribution in [2.45, 2.75) is 25.6 Å². The molecule has 1 aliphatic heterocycles. The van der Waals surface area contributed by atoms with Gasteiger partial charge in [-0.1, -0.05) is 41.4 Å². The minimum absolute atomic E-state index is 0.344. The van der Waals surface area contributed by atoms with Gasteiger partial charge in [0.25, 0.3) is 0 Å². The van der Waals surface area contributed by atoms with E-state index in [1.54, 1.807) is 12.1 Å². The third-order valence-electron chi connectivity index (χ3n) is 4.77. The minimum Gasteiger partial charge on any atom is -0.456 e. The number of halogens is 2. The van der Waals surface area contributed by atoms with Gasteiger partial charge >= 0.3 is 0 Å². The maximum absolute atomic E-state index is 6.16. The Hall–Kier alpha value is -1.30. The van der Waals surface area contributed by atoms with E-state index < -0.39 is 0 Å². The van der Waals surface area contributed by atoms with Gasteiger partial charge in [-0.15, -0.1) is 0 Å². The highest BCUT2D eigenvalue weighted by molar-refractivity contribution is 6.42. The normalized spacial score (nSPS) is 15.8. The second kappa shape index (κ2) is 10.3. The summed E-state index contributed by atoms with van der Waals surface area (Å²) in [6.45, 7) is 5.00. The largest absolute Gasteiger partial charge is 0.456 e. The zero-order chi connectivity index (χ0) is 19.1. The maximum atomic E-state index is 6.16. The van der Waals surface area contributed by atoms with Crippen molar-refractivity contribution in [3.05, 3.63) is 58.1 Å². The summed E-state index contributed by atoms with van der Waals surface area (Å²) in [5.41, 5.74) is 1.14. The molecule has 1 heterocycles. The molecule has 146 valence electrons. The molecule has 2 aromatic carbocycles. The van der Waals surface area contributed by atoms with Gasteiger partial charge in [-0.05, 0) is 49.7 Å². The Bertz CT molecular complexity index is 717. The van der Waals surface area contributed by atoms with Gasteiger partial charge < -0.3 is 19.7 Å². The quantitative estimate of drug-likeness (QED) is 0.667. The molecule has 1 N–H and O–H groups in total. The molecule has 4 nitrogen and oxygen atoms in total. The molecular formula is C21H26Cl2N2O2. The fourth-order valence-corrected chi connectivity index (χ4v) is 3.46. The standard InChI is InChI=1S/C21H26Cl2N2O2/c1-24-11-14-25-12-9-17(10-13-25)26-15-16-5-7-18(8-6-16)27-20-4-2-3-19(22)21(20)23/h2-8,17,24H,9-15H2,1H3. The van der Waals surface area contributed by atoms with Crippen molar-refractivity contribution in [2.75, 3.05) is 33.2 Å². The maximum Gasteiger partial charge on any atom is 0.147 e. The molecule has 0 saturated carbocycles. The van der Waals surface area contributed by atoms with Crippen molar-refractivity contribution < 1.29 is 9.47 Å². The Kier molecular flexibility index (Phi) is 7.80. The molecule has 0 radical (unpaired) electrons. The summed E-state index contributed by atoms with van der Waals surface area (Å²) < 4.78 is 11.9. The number of benzene rings is 2. The number of ether oxygens (including phenoxy) is 2. The number of hydrogen-bond donors (Lipinski definition) is 1. The Morgan fingerprint density at radius 1 is 1.07 bits per heavy atom. The lowest BCUT2D eigenvalue weighted by molar-refractivity contribution is -0.00210. The van der Waals surface area contributed by atoms with Crippen LogP contribution in [0.2, 0.25) is 10.0 Å². The van der Waals surface area contributed by atoms with Crippen LogP contribution in [0.15, 0.2) is 42.5 Å². The summed E-state index contributed by atoms with van der Waals surface area (Å²) in [6, 6.07) is 13.3. The SMILES string of the molecule is CNCCN1CCC(OCc2ccc(Oc3cccc(Cl)c3Cl)cc2)CC1. The molecule has 0 atom stereocenters. The van der Waals surface area contributed by atoms with E-state index in [9.17, 15) is 0 Å². The first-order valence-corrected chi connectivity index (χ1v) is 10.1. The molecule has 1 saturated heterocycles. The van der Waals surface area contributed by atoms with Gasteiger partial charge in [0.15, 0.2) is 0 Å². The van der Waals surface area contributed by atoms with Crippen molar-refractivity contribution >= 4 is 23.2 Å². The van der Waals surface area contributed by atoms with Crippen LogP contribution in [0, 0.1) is 0 Å². The second-order valence-corrected chi connectivity index (χ2v) is 7.54. The van der Waals surface area contributed by atoms with E-state index in [2.05, 4.69) is 10.2 Å².